The number of halogens is 1. The third-order valence-electron chi connectivity index (χ3n) is 4.23. The van der Waals surface area contributed by atoms with E-state index in [1.165, 1.54) is 6.92 Å². The maximum atomic E-state index is 12.9. The molecule has 0 unspecified atom stereocenters. The number of Topliss-reactive ketones (excluding diaryl/α,β-unsaturated/α-hetero) is 1. The zero-order valence-electron chi connectivity index (χ0n) is 13.4. The molecule has 0 spiro atoms. The average molecular weight is 349 g/mol. The molecule has 0 fully saturated rings. The first-order chi connectivity index (χ1) is 12.1. The molecule has 4 aromatic rings. The van der Waals surface area contributed by atoms with Crippen molar-refractivity contribution in [1.29, 1.82) is 0 Å². The van der Waals surface area contributed by atoms with Crippen LogP contribution in [0.5, 0.6) is 0 Å². The molecule has 4 nitrogen and oxygen atoms in total. The Kier molecular flexibility index (Phi) is 3.62. The molecule has 0 bridgehead atoms. The van der Waals surface area contributed by atoms with E-state index in [1.807, 2.05) is 24.3 Å². The van der Waals surface area contributed by atoms with Crippen molar-refractivity contribution in [2.45, 2.75) is 6.92 Å². The van der Waals surface area contributed by atoms with E-state index in [0.717, 1.165) is 10.9 Å². The second kappa shape index (κ2) is 5.83. The molecule has 0 N–H and O–H groups in total. The Hall–Kier alpha value is -2.98. The van der Waals surface area contributed by atoms with Crippen LogP contribution >= 0.6 is 11.6 Å². The number of carbonyl (C=O) groups is 2. The zero-order chi connectivity index (χ0) is 17.6. The van der Waals surface area contributed by atoms with Crippen molar-refractivity contribution in [2.75, 3.05) is 0 Å². The molecular weight excluding hydrogens is 336 g/mol. The van der Waals surface area contributed by atoms with Crippen molar-refractivity contribution in [3.05, 3.63) is 82.8 Å². The number of hydrogen-bond donors (Lipinski definition) is 0. The third-order valence-corrected chi connectivity index (χ3v) is 4.48. The van der Waals surface area contributed by atoms with Gasteiger partial charge in [0.25, 0.3) is 0 Å². The minimum absolute atomic E-state index is 0.0935. The van der Waals surface area contributed by atoms with Gasteiger partial charge in [-0.15, -0.1) is 0 Å². The summed E-state index contributed by atoms with van der Waals surface area (Å²) < 4.78 is 1.69. The summed E-state index contributed by atoms with van der Waals surface area (Å²) in [5.74, 6) is -0.278. The highest BCUT2D eigenvalue weighted by Crippen LogP contribution is 2.26. The fourth-order valence-electron chi connectivity index (χ4n) is 3.02. The first-order valence-electron chi connectivity index (χ1n) is 7.76. The van der Waals surface area contributed by atoms with Gasteiger partial charge >= 0.3 is 0 Å². The van der Waals surface area contributed by atoms with Gasteiger partial charge in [0.2, 0.25) is 5.78 Å². The fraction of sp³-hybridized carbons (Fsp3) is 0.0500. The number of nitrogens with zero attached hydrogens (tertiary/aromatic N) is 2. The van der Waals surface area contributed by atoms with E-state index in [1.54, 1.807) is 41.1 Å². The molecule has 2 heterocycles. The Morgan fingerprint density at radius 1 is 1.04 bits per heavy atom. The number of carbonyl (C=O) groups excluding carboxylic acids is 2. The smallest absolute Gasteiger partial charge is 0.209 e. The van der Waals surface area contributed by atoms with Crippen molar-refractivity contribution in [2.24, 2.45) is 0 Å². The number of hydrogen-bond acceptors (Lipinski definition) is 3. The summed E-state index contributed by atoms with van der Waals surface area (Å²) in [6.07, 6.45) is 1.59. The molecule has 5 heteroatoms. The van der Waals surface area contributed by atoms with Gasteiger partial charge in [-0.25, -0.2) is 4.98 Å². The summed E-state index contributed by atoms with van der Waals surface area (Å²) in [5.41, 5.74) is 2.90. The lowest BCUT2D eigenvalue weighted by Gasteiger charge is -2.05. The molecule has 4 rings (SSSR count). The maximum absolute atomic E-state index is 12.9. The van der Waals surface area contributed by atoms with Crippen LogP contribution in [0.1, 0.15) is 33.3 Å². The van der Waals surface area contributed by atoms with E-state index < -0.39 is 0 Å². The van der Waals surface area contributed by atoms with Crippen LogP contribution in [-0.2, 0) is 0 Å². The normalized spacial score (nSPS) is 11.1. The lowest BCUT2D eigenvalue weighted by Crippen LogP contribution is -2.05. The van der Waals surface area contributed by atoms with Gasteiger partial charge in [-0.2, -0.15) is 0 Å². The zero-order valence-corrected chi connectivity index (χ0v) is 14.1. The van der Waals surface area contributed by atoms with E-state index in [4.69, 9.17) is 11.6 Å². The van der Waals surface area contributed by atoms with Gasteiger partial charge in [0.05, 0.1) is 16.7 Å². The first kappa shape index (κ1) is 15.5. The molecule has 122 valence electrons. The number of rotatable bonds is 3. The number of fused-ring (bicyclic) bond motifs is 3. The van der Waals surface area contributed by atoms with E-state index in [9.17, 15) is 9.59 Å². The van der Waals surface area contributed by atoms with Crippen molar-refractivity contribution in [3.63, 3.8) is 0 Å². The molecule has 0 saturated carbocycles. The van der Waals surface area contributed by atoms with Crippen LogP contribution in [0.25, 0.3) is 16.4 Å². The average Bonchev–Trinajstić information content (AvgIpc) is 3.02. The van der Waals surface area contributed by atoms with Gasteiger partial charge in [-0.05, 0) is 43.3 Å². The standard InChI is InChI=1S/C20H13ClN2O2/c1-12(24)16-10-18(20(25)13-6-8-14(21)9-7-13)23-11-22-17-5-3-2-4-15(17)19(16)23/h2-11H,1H3. The van der Waals surface area contributed by atoms with Gasteiger partial charge in [0.1, 0.15) is 6.33 Å². The second-order valence-corrected chi connectivity index (χ2v) is 6.25. The van der Waals surface area contributed by atoms with Crippen LogP contribution < -0.4 is 0 Å². The Bertz CT molecular complexity index is 1140. The van der Waals surface area contributed by atoms with Gasteiger partial charge in [-0.3, -0.25) is 14.0 Å². The molecular formula is C20H13ClN2O2. The Balaban J connectivity index is 2.02. The summed E-state index contributed by atoms with van der Waals surface area (Å²) in [6.45, 7) is 1.50. The van der Waals surface area contributed by atoms with Crippen LogP contribution in [0.15, 0.2) is 60.9 Å². The Labute approximate surface area is 148 Å². The highest BCUT2D eigenvalue weighted by molar-refractivity contribution is 6.30. The van der Waals surface area contributed by atoms with Crippen molar-refractivity contribution in [3.8, 4) is 0 Å². The van der Waals surface area contributed by atoms with E-state index in [-0.39, 0.29) is 11.6 Å². The van der Waals surface area contributed by atoms with E-state index >= 15 is 0 Å². The molecule has 2 aromatic heterocycles. The van der Waals surface area contributed by atoms with E-state index in [2.05, 4.69) is 4.98 Å². The summed E-state index contributed by atoms with van der Waals surface area (Å²) in [5, 5.41) is 1.40. The quantitative estimate of drug-likeness (QED) is 0.509. The van der Waals surface area contributed by atoms with Crippen LogP contribution in [0.4, 0.5) is 0 Å². The highest BCUT2D eigenvalue weighted by Gasteiger charge is 2.20. The summed E-state index contributed by atoms with van der Waals surface area (Å²) in [6, 6.07) is 15.9. The van der Waals surface area contributed by atoms with Crippen LogP contribution in [0.3, 0.4) is 0 Å². The monoisotopic (exact) mass is 348 g/mol. The SMILES string of the molecule is CC(=O)c1cc(C(=O)c2ccc(Cl)cc2)n2cnc3ccccc3c12. The number of benzene rings is 2. The van der Waals surface area contributed by atoms with Gasteiger partial charge in [0, 0.05) is 21.5 Å². The predicted molar refractivity (Wildman–Crippen MR) is 97.6 cm³/mol. The van der Waals surface area contributed by atoms with Crippen molar-refractivity contribution in [1.82, 2.24) is 9.38 Å². The second-order valence-electron chi connectivity index (χ2n) is 5.82. The van der Waals surface area contributed by atoms with Gasteiger partial charge in [0.15, 0.2) is 5.78 Å². The minimum Gasteiger partial charge on any atom is -0.296 e. The van der Waals surface area contributed by atoms with Crippen molar-refractivity contribution < 1.29 is 9.59 Å². The third kappa shape index (κ3) is 2.51. The van der Waals surface area contributed by atoms with Gasteiger partial charge < -0.3 is 0 Å². The highest BCUT2D eigenvalue weighted by atomic mass is 35.5. The predicted octanol–water partition coefficient (Wildman–Crippen LogP) is 4.57. The number of aromatic nitrogens is 2. The molecule has 0 aliphatic carbocycles. The molecule has 0 radical (unpaired) electrons. The minimum atomic E-state index is -0.184. The molecule has 0 amide bonds. The molecule has 25 heavy (non-hydrogen) atoms. The van der Waals surface area contributed by atoms with Crippen LogP contribution in [0, 0.1) is 0 Å². The number of para-hydroxylation sites is 1. The van der Waals surface area contributed by atoms with Crippen LogP contribution in [-0.4, -0.2) is 21.0 Å². The summed E-state index contributed by atoms with van der Waals surface area (Å²) in [4.78, 5) is 29.5. The lowest BCUT2D eigenvalue weighted by atomic mass is 10.1. The lowest BCUT2D eigenvalue weighted by molar-refractivity contribution is 0.101. The topological polar surface area (TPSA) is 51.4 Å². The van der Waals surface area contributed by atoms with E-state index in [0.29, 0.717) is 27.4 Å². The molecule has 0 atom stereocenters. The summed E-state index contributed by atoms with van der Waals surface area (Å²) >= 11 is 5.90. The van der Waals surface area contributed by atoms with Gasteiger partial charge in [-0.1, -0.05) is 29.8 Å². The maximum Gasteiger partial charge on any atom is 0.209 e. The Morgan fingerprint density at radius 3 is 2.48 bits per heavy atom. The van der Waals surface area contributed by atoms with Crippen LogP contribution in [0.2, 0.25) is 5.02 Å². The molecule has 2 aromatic carbocycles. The fourth-order valence-corrected chi connectivity index (χ4v) is 3.14. The molecule has 0 aliphatic rings. The van der Waals surface area contributed by atoms with Crippen molar-refractivity contribution >= 4 is 39.6 Å². The number of ketones is 2. The first-order valence-corrected chi connectivity index (χ1v) is 8.14. The molecule has 0 aliphatic heterocycles. The molecule has 0 saturated heterocycles. The Morgan fingerprint density at radius 2 is 1.76 bits per heavy atom. The summed E-state index contributed by atoms with van der Waals surface area (Å²) in [7, 11) is 0. The largest absolute Gasteiger partial charge is 0.296 e.